The van der Waals surface area contributed by atoms with Gasteiger partial charge in [-0.05, 0) is 61.3 Å². The number of amides is 3. The smallest absolute Gasteiger partial charge is 0.259 e. The minimum Gasteiger partial charge on any atom is -0.295 e. The third-order valence-corrected chi connectivity index (χ3v) is 7.87. The minimum absolute atomic E-state index is 0.120. The number of allylic oxidation sites excluding steroid dienone is 2. The van der Waals surface area contributed by atoms with E-state index in [1.54, 1.807) is 48.5 Å². The molecule has 6 atom stereocenters. The fraction of sp³-hybridized carbons (Fsp3) is 0.333. The summed E-state index contributed by atoms with van der Waals surface area (Å²) in [6.07, 6.45) is 5.38. The lowest BCUT2D eigenvalue weighted by atomic mass is 9.63. The molecule has 0 unspecified atom stereocenters. The van der Waals surface area contributed by atoms with Crippen molar-refractivity contribution >= 4 is 29.2 Å². The zero-order chi connectivity index (χ0) is 22.9. The number of carbonyl (C=O) groups is 4. The monoisotopic (exact) mass is 440 g/mol. The van der Waals surface area contributed by atoms with Crippen LogP contribution in [0.4, 0.5) is 5.69 Å². The Morgan fingerprint density at radius 1 is 0.879 bits per heavy atom. The second kappa shape index (κ2) is 7.24. The molecule has 3 fully saturated rings. The molecular formula is C27H24N2O4. The Morgan fingerprint density at radius 3 is 2.09 bits per heavy atom. The normalized spacial score (nSPS) is 30.8. The van der Waals surface area contributed by atoms with Crippen molar-refractivity contribution in [1.29, 1.82) is 0 Å². The summed E-state index contributed by atoms with van der Waals surface area (Å²) in [5.41, 5.74) is 1.40. The number of imide groups is 1. The van der Waals surface area contributed by atoms with Gasteiger partial charge in [-0.3, -0.25) is 29.0 Å². The van der Waals surface area contributed by atoms with E-state index in [0.717, 1.165) is 6.42 Å². The third kappa shape index (κ3) is 3.00. The highest BCUT2D eigenvalue weighted by Gasteiger charge is 2.67. The molecule has 6 nitrogen and oxygen atoms in total. The molecular weight excluding hydrogens is 416 g/mol. The lowest BCUT2D eigenvalue weighted by Gasteiger charge is -2.37. The first kappa shape index (κ1) is 20.1. The summed E-state index contributed by atoms with van der Waals surface area (Å²) in [7, 11) is 0. The van der Waals surface area contributed by atoms with Gasteiger partial charge in [0.15, 0.2) is 5.78 Å². The third-order valence-electron chi connectivity index (χ3n) is 7.87. The number of ketones is 1. The summed E-state index contributed by atoms with van der Waals surface area (Å²) in [4.78, 5) is 55.2. The number of anilines is 1. The summed E-state index contributed by atoms with van der Waals surface area (Å²) >= 11 is 0. The first-order valence-corrected chi connectivity index (χ1v) is 11.5. The molecule has 166 valence electrons. The number of benzene rings is 2. The average Bonchev–Trinajstić information content (AvgIpc) is 3.62. The molecule has 0 spiro atoms. The van der Waals surface area contributed by atoms with Crippen LogP contribution in [0.3, 0.4) is 0 Å². The quantitative estimate of drug-likeness (QED) is 0.405. The number of Topliss-reactive ketones (excluding diaryl/α,β-unsaturated/α-hetero) is 1. The van der Waals surface area contributed by atoms with Gasteiger partial charge in [0.05, 0.1) is 11.8 Å². The molecule has 1 aliphatic heterocycles. The van der Waals surface area contributed by atoms with Crippen molar-refractivity contribution in [3.05, 3.63) is 77.9 Å². The molecule has 0 radical (unpaired) electrons. The maximum absolute atomic E-state index is 13.5. The molecule has 2 aromatic carbocycles. The van der Waals surface area contributed by atoms with Crippen LogP contribution >= 0.6 is 0 Å². The Bertz CT molecular complexity index is 1180. The van der Waals surface area contributed by atoms with Gasteiger partial charge in [0, 0.05) is 16.8 Å². The van der Waals surface area contributed by atoms with Crippen LogP contribution < -0.4 is 4.90 Å². The van der Waals surface area contributed by atoms with E-state index in [9.17, 15) is 19.2 Å². The molecule has 0 N–H and O–H groups in total. The molecule has 2 saturated carbocycles. The van der Waals surface area contributed by atoms with Gasteiger partial charge in [-0.15, -0.1) is 0 Å². The number of rotatable bonds is 5. The van der Waals surface area contributed by atoms with E-state index < -0.39 is 0 Å². The molecule has 0 aromatic heterocycles. The minimum atomic E-state index is -0.323. The van der Waals surface area contributed by atoms with Crippen molar-refractivity contribution < 1.29 is 19.2 Å². The zero-order valence-corrected chi connectivity index (χ0v) is 18.3. The van der Waals surface area contributed by atoms with Crippen LogP contribution in [0.5, 0.6) is 0 Å². The van der Waals surface area contributed by atoms with Crippen LogP contribution in [-0.2, 0) is 9.59 Å². The maximum atomic E-state index is 13.5. The van der Waals surface area contributed by atoms with Crippen LogP contribution in [0.1, 0.15) is 34.1 Å². The van der Waals surface area contributed by atoms with Crippen LogP contribution in [0.2, 0.25) is 0 Å². The van der Waals surface area contributed by atoms with Gasteiger partial charge in [0.2, 0.25) is 11.8 Å². The van der Waals surface area contributed by atoms with Gasteiger partial charge in [0.1, 0.15) is 6.67 Å². The highest BCUT2D eigenvalue weighted by atomic mass is 16.2. The fourth-order valence-corrected chi connectivity index (χ4v) is 6.19. The Hall–Kier alpha value is -3.54. The summed E-state index contributed by atoms with van der Waals surface area (Å²) < 4.78 is 0. The van der Waals surface area contributed by atoms with E-state index in [1.807, 2.05) is 6.07 Å². The van der Waals surface area contributed by atoms with E-state index in [1.165, 1.54) is 16.7 Å². The number of likely N-dealkylation sites (tertiary alicyclic amines) is 1. The van der Waals surface area contributed by atoms with Crippen molar-refractivity contribution in [3.63, 3.8) is 0 Å². The summed E-state index contributed by atoms with van der Waals surface area (Å²) in [5.74, 6) is -0.120. The summed E-state index contributed by atoms with van der Waals surface area (Å²) in [6.45, 7) is 1.31. The second-order valence-corrected chi connectivity index (χ2v) is 9.61. The average molecular weight is 440 g/mol. The second-order valence-electron chi connectivity index (χ2n) is 9.61. The standard InChI is InChI=1S/C27H24N2O4/c1-15(30)17-8-5-9-18(12-17)28(25(31)16-6-3-2-4-7-16)14-29-26(32)23-19-10-11-20(22-13-21(19)22)24(23)27(29)33/h2-12,19-24H,13-14H2,1H3/t19-,20+,21-,22-,23+,24+/m1/s1. The van der Waals surface area contributed by atoms with E-state index in [4.69, 9.17) is 0 Å². The van der Waals surface area contributed by atoms with Crippen molar-refractivity contribution in [2.75, 3.05) is 11.6 Å². The van der Waals surface area contributed by atoms with Crippen LogP contribution in [0, 0.1) is 35.5 Å². The van der Waals surface area contributed by atoms with E-state index >= 15 is 0 Å². The Kier molecular flexibility index (Phi) is 4.41. The molecule has 2 bridgehead atoms. The van der Waals surface area contributed by atoms with Gasteiger partial charge in [-0.2, -0.15) is 0 Å². The molecule has 3 amide bonds. The molecule has 1 heterocycles. The van der Waals surface area contributed by atoms with Gasteiger partial charge in [-0.1, -0.05) is 42.5 Å². The van der Waals surface area contributed by atoms with E-state index in [0.29, 0.717) is 28.7 Å². The number of hydrogen-bond donors (Lipinski definition) is 0. The highest BCUT2D eigenvalue weighted by Crippen LogP contribution is 2.65. The Labute approximate surface area is 191 Å². The lowest BCUT2D eigenvalue weighted by Crippen LogP contribution is -2.45. The molecule has 2 aromatic rings. The molecule has 7 rings (SSSR count). The molecule has 1 saturated heterocycles. The first-order valence-electron chi connectivity index (χ1n) is 11.5. The molecule has 6 heteroatoms. The van der Waals surface area contributed by atoms with Crippen LogP contribution in [0.15, 0.2) is 66.7 Å². The molecule has 5 aliphatic rings. The van der Waals surface area contributed by atoms with Gasteiger partial charge >= 0.3 is 0 Å². The Morgan fingerprint density at radius 2 is 1.48 bits per heavy atom. The lowest BCUT2D eigenvalue weighted by molar-refractivity contribution is -0.140. The van der Waals surface area contributed by atoms with Gasteiger partial charge in [0.25, 0.3) is 5.91 Å². The summed E-state index contributed by atoms with van der Waals surface area (Å²) in [5, 5.41) is 0. The first-order chi connectivity index (χ1) is 16.0. The molecule has 33 heavy (non-hydrogen) atoms. The van der Waals surface area contributed by atoms with Crippen LogP contribution in [-0.4, -0.2) is 35.1 Å². The fourth-order valence-electron chi connectivity index (χ4n) is 6.19. The van der Waals surface area contributed by atoms with Crippen molar-refractivity contribution in [2.45, 2.75) is 13.3 Å². The number of hydrogen-bond acceptors (Lipinski definition) is 4. The molecule has 4 aliphatic carbocycles. The van der Waals surface area contributed by atoms with E-state index in [2.05, 4.69) is 12.2 Å². The van der Waals surface area contributed by atoms with Crippen molar-refractivity contribution in [3.8, 4) is 0 Å². The number of carbonyl (C=O) groups excluding carboxylic acids is 4. The predicted molar refractivity (Wildman–Crippen MR) is 121 cm³/mol. The van der Waals surface area contributed by atoms with Gasteiger partial charge in [-0.25, -0.2) is 0 Å². The zero-order valence-electron chi connectivity index (χ0n) is 18.3. The van der Waals surface area contributed by atoms with E-state index in [-0.39, 0.29) is 53.8 Å². The Balaban J connectivity index is 1.36. The van der Waals surface area contributed by atoms with Crippen molar-refractivity contribution in [2.24, 2.45) is 35.5 Å². The SMILES string of the molecule is CC(=O)c1cccc(N(CN2C(=O)[C@H]3[C@@H]4C=C[C@@H]([C@H]5C[C@H]45)[C@@H]3C2=O)C(=O)c2ccccc2)c1. The van der Waals surface area contributed by atoms with Crippen molar-refractivity contribution in [1.82, 2.24) is 4.90 Å². The maximum Gasteiger partial charge on any atom is 0.259 e. The summed E-state index contributed by atoms with van der Waals surface area (Å²) in [6, 6.07) is 15.5. The topological polar surface area (TPSA) is 74.8 Å². The van der Waals surface area contributed by atoms with Gasteiger partial charge < -0.3 is 0 Å². The van der Waals surface area contributed by atoms with Crippen LogP contribution in [0.25, 0.3) is 0 Å². The largest absolute Gasteiger partial charge is 0.295 e. The number of nitrogens with zero attached hydrogens (tertiary/aromatic N) is 2. The predicted octanol–water partition coefficient (Wildman–Crippen LogP) is 3.55. The highest BCUT2D eigenvalue weighted by molar-refractivity contribution is 6.10.